The number of rotatable bonds is 2. The highest BCUT2D eigenvalue weighted by atomic mass is 79.9. The lowest BCUT2D eigenvalue weighted by molar-refractivity contribution is 0.592. The van der Waals surface area contributed by atoms with Crippen molar-refractivity contribution < 1.29 is 4.39 Å². The molecule has 0 radical (unpaired) electrons. The van der Waals surface area contributed by atoms with Crippen LogP contribution in [0.4, 0.5) is 10.1 Å². The van der Waals surface area contributed by atoms with Crippen LogP contribution in [-0.4, -0.2) is 6.04 Å². The Labute approximate surface area is 131 Å². The number of halogens is 3. The first-order chi connectivity index (χ1) is 9.63. The van der Waals surface area contributed by atoms with Crippen molar-refractivity contribution in [1.29, 1.82) is 0 Å². The molecule has 0 saturated carbocycles. The lowest BCUT2D eigenvalue weighted by Gasteiger charge is -2.26. The molecule has 0 amide bonds. The average molecular weight is 355 g/mol. The normalized spacial score (nSPS) is 17.6. The summed E-state index contributed by atoms with van der Waals surface area (Å²) < 4.78 is 15.0. The number of nitrogens with one attached hydrogen (secondary N) is 1. The summed E-state index contributed by atoms with van der Waals surface area (Å²) in [5, 5.41) is 3.44. The fraction of sp³-hybridized carbons (Fsp3) is 0.250. The number of aryl methyl sites for hydroxylation is 1. The molecule has 0 saturated heterocycles. The number of anilines is 1. The third kappa shape index (κ3) is 2.84. The summed E-state index contributed by atoms with van der Waals surface area (Å²) in [5.41, 5.74) is 3.20. The van der Waals surface area contributed by atoms with Crippen molar-refractivity contribution in [3.63, 3.8) is 0 Å². The maximum atomic E-state index is 13.9. The van der Waals surface area contributed by atoms with E-state index in [1.54, 1.807) is 18.2 Å². The Morgan fingerprint density at radius 2 is 2.05 bits per heavy atom. The Hall–Kier alpha value is -1.06. The van der Waals surface area contributed by atoms with Gasteiger partial charge in [0.25, 0.3) is 0 Å². The smallest absolute Gasteiger partial charge is 0.164 e. The lowest BCUT2D eigenvalue weighted by atomic mass is 9.88. The van der Waals surface area contributed by atoms with Crippen LogP contribution in [0.3, 0.4) is 0 Å². The van der Waals surface area contributed by atoms with Crippen LogP contribution in [0.25, 0.3) is 0 Å². The average Bonchev–Trinajstić information content (AvgIpc) is 2.44. The highest BCUT2D eigenvalue weighted by Gasteiger charge is 2.20. The Morgan fingerprint density at radius 3 is 2.90 bits per heavy atom. The van der Waals surface area contributed by atoms with E-state index < -0.39 is 0 Å². The van der Waals surface area contributed by atoms with Crippen molar-refractivity contribution in [3.8, 4) is 0 Å². The molecule has 0 heterocycles. The third-order valence-electron chi connectivity index (χ3n) is 3.71. The molecule has 1 aliphatic carbocycles. The van der Waals surface area contributed by atoms with Crippen LogP contribution in [0.15, 0.2) is 40.9 Å². The highest BCUT2D eigenvalue weighted by molar-refractivity contribution is 9.10. The highest BCUT2D eigenvalue weighted by Crippen LogP contribution is 2.28. The van der Waals surface area contributed by atoms with Gasteiger partial charge in [0.15, 0.2) is 5.82 Å². The molecule has 0 aliphatic heterocycles. The monoisotopic (exact) mass is 353 g/mol. The molecule has 3 rings (SSSR count). The van der Waals surface area contributed by atoms with Gasteiger partial charge in [-0.05, 0) is 54.7 Å². The first kappa shape index (κ1) is 13.9. The van der Waals surface area contributed by atoms with E-state index in [9.17, 15) is 4.39 Å². The molecule has 0 spiro atoms. The van der Waals surface area contributed by atoms with Crippen LogP contribution in [0.1, 0.15) is 17.5 Å². The number of fused-ring (bicyclic) bond motifs is 1. The molecule has 104 valence electrons. The van der Waals surface area contributed by atoms with E-state index in [1.165, 1.54) is 11.1 Å². The summed E-state index contributed by atoms with van der Waals surface area (Å²) >= 11 is 9.31. The largest absolute Gasteiger partial charge is 0.380 e. The zero-order valence-electron chi connectivity index (χ0n) is 10.8. The van der Waals surface area contributed by atoms with Crippen molar-refractivity contribution in [2.45, 2.75) is 25.3 Å². The van der Waals surface area contributed by atoms with Crippen molar-refractivity contribution >= 4 is 33.2 Å². The van der Waals surface area contributed by atoms with Gasteiger partial charge in [0.1, 0.15) is 0 Å². The molecule has 4 heteroatoms. The summed E-state index contributed by atoms with van der Waals surface area (Å²) in [6.45, 7) is 0. The SMILES string of the molecule is Fc1c(Cl)cccc1NC1CCc2cc(Br)ccc2C1. The summed E-state index contributed by atoms with van der Waals surface area (Å²) in [7, 11) is 0. The van der Waals surface area contributed by atoms with Crippen molar-refractivity contribution in [1.82, 2.24) is 0 Å². The second-order valence-corrected chi connectivity index (χ2v) is 6.42. The van der Waals surface area contributed by atoms with E-state index in [1.807, 2.05) is 0 Å². The Bertz CT molecular complexity index is 644. The van der Waals surface area contributed by atoms with Gasteiger partial charge in [-0.25, -0.2) is 4.39 Å². The quantitative estimate of drug-likeness (QED) is 0.780. The molecule has 20 heavy (non-hydrogen) atoms. The lowest BCUT2D eigenvalue weighted by Crippen LogP contribution is -2.27. The van der Waals surface area contributed by atoms with Crippen molar-refractivity contribution in [3.05, 3.63) is 62.8 Å². The Balaban J connectivity index is 1.77. The minimum absolute atomic E-state index is 0.162. The zero-order valence-corrected chi connectivity index (χ0v) is 13.1. The van der Waals surface area contributed by atoms with E-state index in [2.05, 4.69) is 39.4 Å². The first-order valence-corrected chi connectivity index (χ1v) is 7.78. The van der Waals surface area contributed by atoms with E-state index in [0.29, 0.717) is 5.69 Å². The number of benzene rings is 2. The molecule has 1 aliphatic rings. The molecule has 0 aromatic heterocycles. The van der Waals surface area contributed by atoms with Gasteiger partial charge >= 0.3 is 0 Å². The molecule has 1 nitrogen and oxygen atoms in total. The molecule has 0 bridgehead atoms. The van der Waals surface area contributed by atoms with Crippen LogP contribution >= 0.6 is 27.5 Å². The van der Waals surface area contributed by atoms with E-state index in [-0.39, 0.29) is 16.9 Å². The summed E-state index contributed by atoms with van der Waals surface area (Å²) in [6, 6.07) is 11.7. The Morgan fingerprint density at radius 1 is 1.20 bits per heavy atom. The molecular weight excluding hydrogens is 341 g/mol. The van der Waals surface area contributed by atoms with Gasteiger partial charge in [-0.2, -0.15) is 0 Å². The standard InChI is InChI=1S/C16H14BrClFN/c17-12-6-4-11-9-13(7-5-10(11)8-12)20-15-3-1-2-14(18)16(15)19/h1-4,6,8,13,20H,5,7,9H2. The number of hydrogen-bond acceptors (Lipinski definition) is 1. The molecular formula is C16H14BrClFN. The summed E-state index contributed by atoms with van der Waals surface area (Å²) in [6.07, 6.45) is 2.92. The van der Waals surface area contributed by atoms with E-state index in [0.717, 1.165) is 23.7 Å². The van der Waals surface area contributed by atoms with Crippen molar-refractivity contribution in [2.75, 3.05) is 5.32 Å². The predicted molar refractivity (Wildman–Crippen MR) is 85.0 cm³/mol. The van der Waals surface area contributed by atoms with Gasteiger partial charge in [0.2, 0.25) is 0 Å². The third-order valence-corrected chi connectivity index (χ3v) is 4.49. The minimum atomic E-state index is -0.365. The topological polar surface area (TPSA) is 12.0 Å². The maximum Gasteiger partial charge on any atom is 0.164 e. The van der Waals surface area contributed by atoms with Gasteiger partial charge in [-0.15, -0.1) is 0 Å². The van der Waals surface area contributed by atoms with Crippen LogP contribution in [0.5, 0.6) is 0 Å². The van der Waals surface area contributed by atoms with Gasteiger partial charge in [-0.1, -0.05) is 39.7 Å². The summed E-state index contributed by atoms with van der Waals surface area (Å²) in [4.78, 5) is 0. The molecule has 1 N–H and O–H groups in total. The van der Waals surface area contributed by atoms with Crippen LogP contribution in [0, 0.1) is 5.82 Å². The molecule has 1 atom stereocenters. The van der Waals surface area contributed by atoms with Gasteiger partial charge in [0, 0.05) is 10.5 Å². The molecule has 2 aromatic rings. The second-order valence-electron chi connectivity index (χ2n) is 5.10. The minimum Gasteiger partial charge on any atom is -0.380 e. The predicted octanol–water partition coefficient (Wildman–Crippen LogP) is 5.21. The number of hydrogen-bond donors (Lipinski definition) is 1. The maximum absolute atomic E-state index is 13.9. The van der Waals surface area contributed by atoms with Crippen LogP contribution in [-0.2, 0) is 12.8 Å². The molecule has 1 unspecified atom stereocenters. The van der Waals surface area contributed by atoms with Crippen LogP contribution in [0.2, 0.25) is 5.02 Å². The van der Waals surface area contributed by atoms with Gasteiger partial charge < -0.3 is 5.32 Å². The zero-order chi connectivity index (χ0) is 14.1. The summed E-state index contributed by atoms with van der Waals surface area (Å²) in [5.74, 6) is -0.365. The fourth-order valence-electron chi connectivity index (χ4n) is 2.68. The van der Waals surface area contributed by atoms with E-state index in [4.69, 9.17) is 11.6 Å². The van der Waals surface area contributed by atoms with Crippen LogP contribution < -0.4 is 5.32 Å². The van der Waals surface area contributed by atoms with E-state index >= 15 is 0 Å². The fourth-order valence-corrected chi connectivity index (χ4v) is 3.27. The second kappa shape index (κ2) is 5.74. The molecule has 0 fully saturated rings. The van der Waals surface area contributed by atoms with Gasteiger partial charge in [-0.3, -0.25) is 0 Å². The van der Waals surface area contributed by atoms with Gasteiger partial charge in [0.05, 0.1) is 10.7 Å². The van der Waals surface area contributed by atoms with Crippen molar-refractivity contribution in [2.24, 2.45) is 0 Å². The Kier molecular flexibility index (Phi) is 3.99. The first-order valence-electron chi connectivity index (χ1n) is 6.61. The molecule has 2 aromatic carbocycles.